The number of esters is 1. The van der Waals surface area contributed by atoms with Gasteiger partial charge in [0.25, 0.3) is 0 Å². The highest BCUT2D eigenvalue weighted by molar-refractivity contribution is 7.14. The number of carbonyl (C=O) groups is 1. The highest BCUT2D eigenvalue weighted by Gasteiger charge is 2.04. The van der Waals surface area contributed by atoms with E-state index >= 15 is 0 Å². The molecule has 0 fully saturated rings. The van der Waals surface area contributed by atoms with Gasteiger partial charge < -0.3 is 19.9 Å². The summed E-state index contributed by atoms with van der Waals surface area (Å²) < 4.78 is 16.1. The van der Waals surface area contributed by atoms with E-state index in [0.717, 1.165) is 11.3 Å². The predicted octanol–water partition coefficient (Wildman–Crippen LogP) is 3.81. The molecule has 0 unspecified atom stereocenters. The number of thiazole rings is 1. The molecule has 3 N–H and O–H groups in total. The molecule has 0 aliphatic heterocycles. The Bertz CT molecular complexity index is 989. The Morgan fingerprint density at radius 1 is 1.17 bits per heavy atom. The van der Waals surface area contributed by atoms with Crippen molar-refractivity contribution < 1.29 is 19.0 Å². The van der Waals surface area contributed by atoms with Crippen molar-refractivity contribution in [3.05, 3.63) is 65.0 Å². The average molecular weight is 426 g/mol. The molecular formula is C21H22N4O4S. The van der Waals surface area contributed by atoms with Gasteiger partial charge >= 0.3 is 5.97 Å². The van der Waals surface area contributed by atoms with Crippen molar-refractivity contribution in [1.82, 2.24) is 4.98 Å². The Balaban J connectivity index is 1.38. The van der Waals surface area contributed by atoms with E-state index in [-0.39, 0.29) is 5.97 Å². The second-order valence-electron chi connectivity index (χ2n) is 6.09. The topological polar surface area (TPSA) is 108 Å². The summed E-state index contributed by atoms with van der Waals surface area (Å²) in [6.07, 6.45) is 2.40. The van der Waals surface area contributed by atoms with E-state index in [1.807, 2.05) is 24.3 Å². The molecule has 0 aliphatic rings. The number of nitrogens with one attached hydrogen (secondary N) is 1. The molecule has 1 heterocycles. The lowest BCUT2D eigenvalue weighted by molar-refractivity contribution is 0.0600. The fourth-order valence-electron chi connectivity index (χ4n) is 2.43. The minimum Gasteiger partial charge on any atom is -0.493 e. The van der Waals surface area contributed by atoms with Crippen molar-refractivity contribution in [3.8, 4) is 11.5 Å². The zero-order valence-corrected chi connectivity index (χ0v) is 17.2. The van der Waals surface area contributed by atoms with E-state index in [2.05, 4.69) is 20.2 Å². The molecule has 156 valence electrons. The van der Waals surface area contributed by atoms with Gasteiger partial charge in [0.2, 0.25) is 5.13 Å². The number of rotatable bonds is 10. The second kappa shape index (κ2) is 10.8. The van der Waals surface area contributed by atoms with Crippen LogP contribution in [0.5, 0.6) is 11.5 Å². The van der Waals surface area contributed by atoms with Gasteiger partial charge in [-0.05, 0) is 42.0 Å². The Hall–Kier alpha value is -3.59. The molecule has 0 atom stereocenters. The fourth-order valence-corrected chi connectivity index (χ4v) is 2.98. The molecule has 0 saturated heterocycles. The molecule has 0 aliphatic carbocycles. The first-order chi connectivity index (χ1) is 14.6. The molecule has 0 spiro atoms. The van der Waals surface area contributed by atoms with E-state index < -0.39 is 0 Å². The number of benzene rings is 2. The second-order valence-corrected chi connectivity index (χ2v) is 6.94. The predicted molar refractivity (Wildman–Crippen MR) is 118 cm³/mol. The lowest BCUT2D eigenvalue weighted by atomic mass is 10.2. The van der Waals surface area contributed by atoms with E-state index in [4.69, 9.17) is 15.2 Å². The quantitative estimate of drug-likeness (QED) is 0.220. The number of ether oxygens (including phenoxy) is 3. The molecular weight excluding hydrogens is 404 g/mol. The van der Waals surface area contributed by atoms with Crippen molar-refractivity contribution >= 4 is 34.5 Å². The summed E-state index contributed by atoms with van der Waals surface area (Å²) in [6, 6.07) is 14.4. The zero-order chi connectivity index (χ0) is 21.2. The molecule has 0 amide bonds. The van der Waals surface area contributed by atoms with Crippen LogP contribution < -0.4 is 20.6 Å². The Kier molecular flexibility index (Phi) is 7.62. The Morgan fingerprint density at radius 2 is 1.93 bits per heavy atom. The highest BCUT2D eigenvalue weighted by atomic mass is 32.1. The van der Waals surface area contributed by atoms with Crippen LogP contribution >= 0.6 is 11.3 Å². The van der Waals surface area contributed by atoms with Gasteiger partial charge in [0.05, 0.1) is 32.1 Å². The third kappa shape index (κ3) is 6.49. The van der Waals surface area contributed by atoms with Gasteiger partial charge in [-0.2, -0.15) is 5.10 Å². The van der Waals surface area contributed by atoms with Crippen LogP contribution in [0.3, 0.4) is 0 Å². The van der Waals surface area contributed by atoms with Gasteiger partial charge in [-0.15, -0.1) is 11.3 Å². The SMILES string of the molecule is COC(=O)c1ccc(OCCCOc2cccc(C=NNc3nc(N)cs3)c2)cc1. The smallest absolute Gasteiger partial charge is 0.337 e. The number of nitrogens with two attached hydrogens (primary N) is 1. The number of carbonyl (C=O) groups excluding carboxylic acids is 1. The van der Waals surface area contributed by atoms with Crippen LogP contribution in [0.1, 0.15) is 22.3 Å². The van der Waals surface area contributed by atoms with E-state index in [1.54, 1.807) is 35.9 Å². The molecule has 9 heteroatoms. The van der Waals surface area contributed by atoms with E-state index in [9.17, 15) is 4.79 Å². The van der Waals surface area contributed by atoms with Crippen LogP contribution in [0.25, 0.3) is 0 Å². The van der Waals surface area contributed by atoms with Crippen molar-refractivity contribution in [3.63, 3.8) is 0 Å². The number of hydrazone groups is 1. The van der Waals surface area contributed by atoms with Crippen molar-refractivity contribution in [2.45, 2.75) is 6.42 Å². The minimum atomic E-state index is -0.370. The third-order valence-electron chi connectivity index (χ3n) is 3.86. The number of hydrogen-bond acceptors (Lipinski definition) is 9. The molecule has 8 nitrogen and oxygen atoms in total. The number of aromatic nitrogens is 1. The first kappa shape index (κ1) is 21.1. The van der Waals surface area contributed by atoms with Gasteiger partial charge in [-0.25, -0.2) is 9.78 Å². The molecule has 1 aromatic heterocycles. The zero-order valence-electron chi connectivity index (χ0n) is 16.4. The Morgan fingerprint density at radius 3 is 2.63 bits per heavy atom. The molecule has 3 rings (SSSR count). The standard InChI is InChI=1S/C21H22N4O4S/c1-27-20(26)16-6-8-17(9-7-16)28-10-3-11-29-18-5-2-4-15(12-18)13-23-25-21-24-19(22)14-30-21/h2,4-9,12-14H,3,10-11,22H2,1H3,(H,24,25). The van der Waals surface area contributed by atoms with Gasteiger partial charge in [0, 0.05) is 11.8 Å². The lowest BCUT2D eigenvalue weighted by Crippen LogP contribution is -2.05. The largest absolute Gasteiger partial charge is 0.493 e. The number of hydrogen-bond donors (Lipinski definition) is 2. The number of nitrogens with zero attached hydrogens (tertiary/aromatic N) is 2. The summed E-state index contributed by atoms with van der Waals surface area (Å²) >= 11 is 1.39. The van der Waals surface area contributed by atoms with Gasteiger partial charge in [-0.1, -0.05) is 12.1 Å². The number of nitrogen functional groups attached to an aromatic ring is 1. The number of methoxy groups -OCH3 is 1. The fraction of sp³-hybridized carbons (Fsp3) is 0.190. The summed E-state index contributed by atoms with van der Waals surface area (Å²) in [5.41, 5.74) is 9.79. The van der Waals surface area contributed by atoms with E-state index in [0.29, 0.717) is 41.9 Å². The summed E-state index contributed by atoms with van der Waals surface area (Å²) in [5, 5.41) is 6.52. The van der Waals surface area contributed by atoms with Crippen molar-refractivity contribution in [1.29, 1.82) is 0 Å². The first-order valence-corrected chi connectivity index (χ1v) is 10.1. The summed E-state index contributed by atoms with van der Waals surface area (Å²) in [4.78, 5) is 15.5. The van der Waals surface area contributed by atoms with Crippen LogP contribution in [0, 0.1) is 0 Å². The summed E-state index contributed by atoms with van der Waals surface area (Å²) in [7, 11) is 1.35. The van der Waals surface area contributed by atoms with Crippen LogP contribution in [-0.4, -0.2) is 37.5 Å². The van der Waals surface area contributed by atoms with Gasteiger partial charge in [0.1, 0.15) is 17.3 Å². The molecule has 2 aromatic carbocycles. The molecule has 30 heavy (non-hydrogen) atoms. The lowest BCUT2D eigenvalue weighted by Gasteiger charge is -2.09. The minimum absolute atomic E-state index is 0.370. The van der Waals surface area contributed by atoms with Crippen LogP contribution in [0.15, 0.2) is 59.0 Å². The maximum absolute atomic E-state index is 11.4. The van der Waals surface area contributed by atoms with Gasteiger partial charge in [0.15, 0.2) is 0 Å². The molecule has 0 radical (unpaired) electrons. The highest BCUT2D eigenvalue weighted by Crippen LogP contribution is 2.17. The average Bonchev–Trinajstić information content (AvgIpc) is 3.18. The van der Waals surface area contributed by atoms with Gasteiger partial charge in [-0.3, -0.25) is 5.43 Å². The van der Waals surface area contributed by atoms with E-state index in [1.165, 1.54) is 18.4 Å². The molecule has 3 aromatic rings. The molecule has 0 saturated carbocycles. The monoisotopic (exact) mass is 426 g/mol. The maximum Gasteiger partial charge on any atom is 0.337 e. The Labute approximate surface area is 178 Å². The first-order valence-electron chi connectivity index (χ1n) is 9.18. The van der Waals surface area contributed by atoms with Crippen LogP contribution in [0.2, 0.25) is 0 Å². The normalized spacial score (nSPS) is 10.7. The summed E-state index contributed by atoms with van der Waals surface area (Å²) in [6.45, 7) is 1.01. The third-order valence-corrected chi connectivity index (χ3v) is 4.62. The van der Waals surface area contributed by atoms with Crippen LogP contribution in [0.4, 0.5) is 10.9 Å². The molecule has 0 bridgehead atoms. The van der Waals surface area contributed by atoms with Crippen LogP contribution in [-0.2, 0) is 4.74 Å². The van der Waals surface area contributed by atoms with Crippen molar-refractivity contribution in [2.24, 2.45) is 5.10 Å². The summed E-state index contributed by atoms with van der Waals surface area (Å²) in [5.74, 6) is 1.54. The maximum atomic E-state index is 11.4. The number of anilines is 2. The van der Waals surface area contributed by atoms with Crippen molar-refractivity contribution in [2.75, 3.05) is 31.5 Å².